The summed E-state index contributed by atoms with van der Waals surface area (Å²) in [5, 5.41) is 1.81. The van der Waals surface area contributed by atoms with Crippen LogP contribution in [0.4, 0.5) is 5.00 Å². The van der Waals surface area contributed by atoms with E-state index in [0.29, 0.717) is 12.3 Å². The largest absolute Gasteiger partial charge is 0.366 e. The van der Waals surface area contributed by atoms with Gasteiger partial charge in [0.05, 0.1) is 10.5 Å². The minimum absolute atomic E-state index is 0.115. The minimum atomic E-state index is -3.75. The van der Waals surface area contributed by atoms with E-state index in [1.807, 2.05) is 0 Å². The van der Waals surface area contributed by atoms with Gasteiger partial charge in [-0.25, -0.2) is 8.42 Å². The number of thiophene rings is 1. The molecule has 1 heterocycles. The molecule has 0 aliphatic rings. The molecule has 0 aliphatic heterocycles. The van der Waals surface area contributed by atoms with Gasteiger partial charge in [0.15, 0.2) is 0 Å². The lowest BCUT2D eigenvalue weighted by molar-refractivity contribution is 0.100. The predicted molar refractivity (Wildman–Crippen MR) is 84.5 cm³/mol. The molecule has 0 fully saturated rings. The number of benzene rings is 1. The fourth-order valence-electron chi connectivity index (χ4n) is 1.71. The highest BCUT2D eigenvalue weighted by Gasteiger charge is 2.18. The average Bonchev–Trinajstić information content (AvgIpc) is 2.87. The lowest BCUT2D eigenvalue weighted by atomic mass is 10.2. The Bertz CT molecular complexity index is 739. The first-order valence-electron chi connectivity index (χ1n) is 5.99. The van der Waals surface area contributed by atoms with Gasteiger partial charge in [0.2, 0.25) is 0 Å². The second-order valence-corrected chi connectivity index (χ2v) is 7.19. The molecule has 2 aromatic rings. The summed E-state index contributed by atoms with van der Waals surface area (Å²) < 4.78 is 26.9. The standard InChI is InChI=1S/C13H13ClN2O3S2/c14-7-5-9-1-3-10(4-2-9)21(18,19)16-13-11(12(15)17)6-8-20-13/h1-4,6,8,16H,5,7H2,(H2,15,17). The number of primary amides is 1. The Kier molecular flexibility index (Phi) is 4.87. The monoisotopic (exact) mass is 344 g/mol. The molecule has 0 aliphatic carbocycles. The van der Waals surface area contributed by atoms with Gasteiger partial charge in [-0.1, -0.05) is 12.1 Å². The zero-order valence-electron chi connectivity index (χ0n) is 10.9. The van der Waals surface area contributed by atoms with Crippen LogP contribution in [-0.4, -0.2) is 20.2 Å². The van der Waals surface area contributed by atoms with Crippen LogP contribution in [0.25, 0.3) is 0 Å². The van der Waals surface area contributed by atoms with Crippen LogP contribution in [0.15, 0.2) is 40.6 Å². The number of nitrogens with one attached hydrogen (secondary N) is 1. The van der Waals surface area contributed by atoms with Gasteiger partial charge in [-0.05, 0) is 35.6 Å². The number of hydrogen-bond donors (Lipinski definition) is 2. The zero-order chi connectivity index (χ0) is 15.5. The lowest BCUT2D eigenvalue weighted by Crippen LogP contribution is -2.17. The van der Waals surface area contributed by atoms with Crippen LogP contribution < -0.4 is 10.5 Å². The second kappa shape index (κ2) is 6.46. The number of carbonyl (C=O) groups is 1. The lowest BCUT2D eigenvalue weighted by Gasteiger charge is -2.08. The Morgan fingerprint density at radius 1 is 1.24 bits per heavy atom. The van der Waals surface area contributed by atoms with Crippen LogP contribution in [0.5, 0.6) is 0 Å². The minimum Gasteiger partial charge on any atom is -0.366 e. The Morgan fingerprint density at radius 2 is 1.90 bits per heavy atom. The van der Waals surface area contributed by atoms with Gasteiger partial charge in [0.1, 0.15) is 5.00 Å². The highest BCUT2D eigenvalue weighted by Crippen LogP contribution is 2.26. The molecule has 3 N–H and O–H groups in total. The van der Waals surface area contributed by atoms with Crippen LogP contribution in [-0.2, 0) is 16.4 Å². The number of nitrogens with two attached hydrogens (primary N) is 1. The van der Waals surface area contributed by atoms with Crippen molar-refractivity contribution in [2.75, 3.05) is 10.6 Å². The maximum Gasteiger partial charge on any atom is 0.262 e. The van der Waals surface area contributed by atoms with E-state index in [4.69, 9.17) is 17.3 Å². The molecule has 21 heavy (non-hydrogen) atoms. The predicted octanol–water partition coefficient (Wildman–Crippen LogP) is 2.43. The topological polar surface area (TPSA) is 89.3 Å². The van der Waals surface area contributed by atoms with E-state index in [9.17, 15) is 13.2 Å². The van der Waals surface area contributed by atoms with E-state index in [0.717, 1.165) is 16.9 Å². The van der Waals surface area contributed by atoms with E-state index in [1.165, 1.54) is 18.2 Å². The van der Waals surface area contributed by atoms with Crippen molar-refractivity contribution in [1.29, 1.82) is 0 Å². The molecule has 0 radical (unpaired) electrons. The van der Waals surface area contributed by atoms with Gasteiger partial charge in [-0.15, -0.1) is 22.9 Å². The number of alkyl halides is 1. The Hall–Kier alpha value is -1.57. The van der Waals surface area contributed by atoms with E-state index in [2.05, 4.69) is 4.72 Å². The highest BCUT2D eigenvalue weighted by molar-refractivity contribution is 7.93. The van der Waals surface area contributed by atoms with Crippen molar-refractivity contribution in [3.63, 3.8) is 0 Å². The summed E-state index contributed by atoms with van der Waals surface area (Å²) in [5.41, 5.74) is 6.30. The van der Waals surface area contributed by atoms with Gasteiger partial charge < -0.3 is 5.73 Å². The normalized spacial score (nSPS) is 11.3. The Labute approximate surface area is 131 Å². The van der Waals surface area contributed by atoms with Crippen LogP contribution in [0, 0.1) is 0 Å². The number of anilines is 1. The quantitative estimate of drug-likeness (QED) is 0.789. The number of amides is 1. The average molecular weight is 345 g/mol. The van der Waals surface area contributed by atoms with Crippen molar-refractivity contribution in [2.24, 2.45) is 5.73 Å². The van der Waals surface area contributed by atoms with Gasteiger partial charge in [0.25, 0.3) is 15.9 Å². The maximum absolute atomic E-state index is 12.3. The maximum atomic E-state index is 12.3. The van der Waals surface area contributed by atoms with Crippen LogP contribution in [0.3, 0.4) is 0 Å². The molecule has 0 spiro atoms. The molecule has 5 nitrogen and oxygen atoms in total. The summed E-state index contributed by atoms with van der Waals surface area (Å²) in [6.07, 6.45) is 0.673. The number of rotatable bonds is 6. The molecule has 2 rings (SSSR count). The summed E-state index contributed by atoms with van der Waals surface area (Å²) in [5.74, 6) is -0.201. The SMILES string of the molecule is NC(=O)c1ccsc1NS(=O)(=O)c1ccc(CCCl)cc1. The molecule has 0 atom stereocenters. The molecular weight excluding hydrogens is 332 g/mol. The van der Waals surface area contributed by atoms with Crippen molar-refractivity contribution < 1.29 is 13.2 Å². The molecule has 112 valence electrons. The Balaban J connectivity index is 2.25. The van der Waals surface area contributed by atoms with Crippen LogP contribution >= 0.6 is 22.9 Å². The van der Waals surface area contributed by atoms with Crippen molar-refractivity contribution in [1.82, 2.24) is 0 Å². The van der Waals surface area contributed by atoms with Crippen molar-refractivity contribution >= 4 is 43.9 Å². The molecule has 1 aromatic heterocycles. The third-order valence-electron chi connectivity index (χ3n) is 2.77. The third kappa shape index (κ3) is 3.75. The first-order chi connectivity index (χ1) is 9.94. The summed E-state index contributed by atoms with van der Waals surface area (Å²) in [6.45, 7) is 0. The molecule has 0 bridgehead atoms. The van der Waals surface area contributed by atoms with Crippen molar-refractivity contribution in [3.8, 4) is 0 Å². The Morgan fingerprint density at radius 3 is 2.48 bits per heavy atom. The molecule has 0 saturated carbocycles. The van der Waals surface area contributed by atoms with Crippen molar-refractivity contribution in [3.05, 3.63) is 46.8 Å². The fourth-order valence-corrected chi connectivity index (χ4v) is 4.05. The highest BCUT2D eigenvalue weighted by atomic mass is 35.5. The summed E-state index contributed by atoms with van der Waals surface area (Å²) >= 11 is 6.74. The van der Waals surface area contributed by atoms with E-state index < -0.39 is 15.9 Å². The van der Waals surface area contributed by atoms with E-state index >= 15 is 0 Å². The third-order valence-corrected chi connectivity index (χ3v) is 5.29. The summed E-state index contributed by atoms with van der Waals surface area (Å²) in [6, 6.07) is 7.90. The summed E-state index contributed by atoms with van der Waals surface area (Å²) in [7, 11) is -3.75. The van der Waals surface area contributed by atoms with Gasteiger partial charge in [-0.3, -0.25) is 9.52 Å². The van der Waals surface area contributed by atoms with Gasteiger partial charge in [0, 0.05) is 5.88 Å². The van der Waals surface area contributed by atoms with E-state index in [-0.39, 0.29) is 15.5 Å². The van der Waals surface area contributed by atoms with Crippen LogP contribution in [0.1, 0.15) is 15.9 Å². The molecule has 8 heteroatoms. The molecule has 1 amide bonds. The van der Waals surface area contributed by atoms with E-state index in [1.54, 1.807) is 17.5 Å². The molecule has 1 aromatic carbocycles. The molecular formula is C13H13ClN2O3S2. The van der Waals surface area contributed by atoms with Gasteiger partial charge in [-0.2, -0.15) is 0 Å². The molecule has 0 saturated heterocycles. The fraction of sp³-hybridized carbons (Fsp3) is 0.154. The van der Waals surface area contributed by atoms with Gasteiger partial charge >= 0.3 is 0 Å². The number of hydrogen-bond acceptors (Lipinski definition) is 4. The smallest absolute Gasteiger partial charge is 0.262 e. The zero-order valence-corrected chi connectivity index (χ0v) is 13.3. The molecule has 0 unspecified atom stereocenters. The van der Waals surface area contributed by atoms with Crippen LogP contribution in [0.2, 0.25) is 0 Å². The first kappa shape index (κ1) is 15.8. The number of carbonyl (C=O) groups excluding carboxylic acids is 1. The number of halogens is 1. The summed E-state index contributed by atoms with van der Waals surface area (Å²) in [4.78, 5) is 11.3. The first-order valence-corrected chi connectivity index (χ1v) is 8.89. The van der Waals surface area contributed by atoms with Crippen molar-refractivity contribution in [2.45, 2.75) is 11.3 Å². The number of aryl methyl sites for hydroxylation is 1. The second-order valence-electron chi connectivity index (χ2n) is 4.22. The number of sulfonamides is 1.